The van der Waals surface area contributed by atoms with E-state index in [1.807, 2.05) is 51.1 Å². The Bertz CT molecular complexity index is 826. The standard InChI is InChI=1S/C23H30N2O2/c1-15-6-5-7-16(2)20(15)22(26)24-21(19-9-8-17(3)27-19)23-12-10-18(11-13-23)14-25(23)4/h5-9,18,21H,10-14H2,1-4H3,(H,24,26)/t18?,21-,23?/m1/s1. The Morgan fingerprint density at radius 3 is 2.37 bits per heavy atom. The summed E-state index contributed by atoms with van der Waals surface area (Å²) in [6, 6.07) is 9.91. The summed E-state index contributed by atoms with van der Waals surface area (Å²) in [6.07, 6.45) is 4.68. The van der Waals surface area contributed by atoms with Gasteiger partial charge in [0.15, 0.2) is 0 Å². The van der Waals surface area contributed by atoms with Crippen LogP contribution in [0.15, 0.2) is 34.7 Å². The van der Waals surface area contributed by atoms with E-state index in [0.29, 0.717) is 0 Å². The van der Waals surface area contributed by atoms with Crippen LogP contribution in [0.3, 0.4) is 0 Å². The summed E-state index contributed by atoms with van der Waals surface area (Å²) in [4.78, 5) is 15.8. The van der Waals surface area contributed by atoms with Gasteiger partial charge in [0.1, 0.15) is 17.6 Å². The number of carbonyl (C=O) groups excluding carboxylic acids is 1. The van der Waals surface area contributed by atoms with Gasteiger partial charge < -0.3 is 9.73 Å². The summed E-state index contributed by atoms with van der Waals surface area (Å²) < 4.78 is 6.05. The predicted molar refractivity (Wildman–Crippen MR) is 107 cm³/mol. The molecule has 2 bridgehead atoms. The average Bonchev–Trinajstić information content (AvgIpc) is 3.06. The maximum absolute atomic E-state index is 13.3. The van der Waals surface area contributed by atoms with Crippen LogP contribution in [0.5, 0.6) is 0 Å². The molecule has 5 rings (SSSR count). The number of fused-ring (bicyclic) bond motifs is 3. The van der Waals surface area contributed by atoms with Crippen LogP contribution < -0.4 is 5.32 Å². The Kier molecular flexibility index (Phi) is 4.63. The van der Waals surface area contributed by atoms with Gasteiger partial charge in [-0.15, -0.1) is 0 Å². The van der Waals surface area contributed by atoms with Crippen molar-refractivity contribution in [1.29, 1.82) is 0 Å². The first-order valence-corrected chi connectivity index (χ1v) is 10.1. The molecule has 1 N–H and O–H groups in total. The predicted octanol–water partition coefficient (Wildman–Crippen LogP) is 4.55. The molecule has 4 heteroatoms. The SMILES string of the molecule is Cc1ccc([C@@H](NC(=O)c2c(C)cccc2C)C23CCC(CC2)CN3C)o1. The summed E-state index contributed by atoms with van der Waals surface area (Å²) >= 11 is 0. The number of nitrogens with zero attached hydrogens (tertiary/aromatic N) is 1. The van der Waals surface area contributed by atoms with Crippen molar-refractivity contribution in [2.75, 3.05) is 13.6 Å². The molecule has 0 unspecified atom stereocenters. The first-order valence-electron chi connectivity index (χ1n) is 10.1. The summed E-state index contributed by atoms with van der Waals surface area (Å²) in [6.45, 7) is 7.08. The fourth-order valence-corrected chi connectivity index (χ4v) is 5.27. The molecule has 1 saturated carbocycles. The molecule has 1 aromatic carbocycles. The van der Waals surface area contributed by atoms with E-state index >= 15 is 0 Å². The second-order valence-corrected chi connectivity index (χ2v) is 8.55. The number of hydrogen-bond donors (Lipinski definition) is 1. The van der Waals surface area contributed by atoms with Crippen molar-refractivity contribution in [2.45, 2.75) is 58.0 Å². The van der Waals surface area contributed by atoms with E-state index in [1.54, 1.807) is 0 Å². The third-order valence-electron chi connectivity index (χ3n) is 6.83. The number of benzene rings is 1. The molecular formula is C23H30N2O2. The Morgan fingerprint density at radius 2 is 1.81 bits per heavy atom. The number of aryl methyl sites for hydroxylation is 3. The second-order valence-electron chi connectivity index (χ2n) is 8.55. The third kappa shape index (κ3) is 3.10. The van der Waals surface area contributed by atoms with Gasteiger partial charge in [-0.25, -0.2) is 0 Å². The number of hydrogen-bond acceptors (Lipinski definition) is 3. The van der Waals surface area contributed by atoms with Crippen LogP contribution in [0.4, 0.5) is 0 Å². The lowest BCUT2D eigenvalue weighted by atomic mass is 9.66. The molecular weight excluding hydrogens is 336 g/mol. The molecule has 1 aliphatic carbocycles. The number of nitrogens with one attached hydrogen (secondary N) is 1. The van der Waals surface area contributed by atoms with E-state index in [-0.39, 0.29) is 17.5 Å². The highest BCUT2D eigenvalue weighted by Crippen LogP contribution is 2.49. The Balaban J connectivity index is 1.72. The van der Waals surface area contributed by atoms with Gasteiger partial charge in [-0.05, 0) is 82.7 Å². The van der Waals surface area contributed by atoms with Gasteiger partial charge >= 0.3 is 0 Å². The zero-order chi connectivity index (χ0) is 19.2. The third-order valence-corrected chi connectivity index (χ3v) is 6.83. The van der Waals surface area contributed by atoms with Crippen LogP contribution >= 0.6 is 0 Å². The molecule has 144 valence electrons. The zero-order valence-electron chi connectivity index (χ0n) is 16.8. The second kappa shape index (κ2) is 6.83. The molecule has 1 amide bonds. The Hall–Kier alpha value is -2.07. The highest BCUT2D eigenvalue weighted by Gasteiger charge is 2.51. The lowest BCUT2D eigenvalue weighted by molar-refractivity contribution is -0.0448. The van der Waals surface area contributed by atoms with Crippen LogP contribution in [0.1, 0.15) is 64.7 Å². The number of carbonyl (C=O) groups is 1. The maximum atomic E-state index is 13.3. The van der Waals surface area contributed by atoms with Crippen molar-refractivity contribution in [1.82, 2.24) is 10.2 Å². The fraction of sp³-hybridized carbons (Fsp3) is 0.522. The molecule has 3 heterocycles. The number of likely N-dealkylation sites (N-methyl/N-ethyl adjacent to an activating group) is 1. The quantitative estimate of drug-likeness (QED) is 0.863. The van der Waals surface area contributed by atoms with Gasteiger partial charge in [0.05, 0.1) is 0 Å². The molecule has 0 spiro atoms. The number of furan rings is 1. The minimum Gasteiger partial charge on any atom is -0.464 e. The summed E-state index contributed by atoms with van der Waals surface area (Å²) in [5.41, 5.74) is 2.75. The van der Waals surface area contributed by atoms with Crippen LogP contribution in [0.2, 0.25) is 0 Å². The molecule has 0 radical (unpaired) electrons. The fourth-order valence-electron chi connectivity index (χ4n) is 5.27. The molecule has 3 aliphatic rings. The van der Waals surface area contributed by atoms with E-state index in [4.69, 9.17) is 4.42 Å². The number of amides is 1. The number of rotatable bonds is 4. The molecule has 2 saturated heterocycles. The molecule has 1 aromatic heterocycles. The van der Waals surface area contributed by atoms with E-state index in [2.05, 4.69) is 17.3 Å². The lowest BCUT2D eigenvalue weighted by Gasteiger charge is -2.56. The normalized spacial score (nSPS) is 26.1. The van der Waals surface area contributed by atoms with Gasteiger partial charge in [0.25, 0.3) is 5.91 Å². The highest BCUT2D eigenvalue weighted by molar-refractivity contribution is 5.97. The van der Waals surface area contributed by atoms with Crippen LogP contribution in [-0.4, -0.2) is 29.9 Å². The van der Waals surface area contributed by atoms with E-state index in [9.17, 15) is 4.79 Å². The molecule has 2 aromatic rings. The van der Waals surface area contributed by atoms with E-state index < -0.39 is 0 Å². The smallest absolute Gasteiger partial charge is 0.252 e. The molecule has 27 heavy (non-hydrogen) atoms. The summed E-state index contributed by atoms with van der Waals surface area (Å²) in [7, 11) is 2.21. The van der Waals surface area contributed by atoms with Crippen molar-refractivity contribution in [2.24, 2.45) is 5.92 Å². The molecule has 2 aliphatic heterocycles. The van der Waals surface area contributed by atoms with Crippen LogP contribution in [0.25, 0.3) is 0 Å². The topological polar surface area (TPSA) is 45.5 Å². The van der Waals surface area contributed by atoms with Crippen molar-refractivity contribution < 1.29 is 9.21 Å². The van der Waals surface area contributed by atoms with Gasteiger partial charge in [-0.1, -0.05) is 18.2 Å². The van der Waals surface area contributed by atoms with E-state index in [1.165, 1.54) is 12.8 Å². The monoisotopic (exact) mass is 366 g/mol. The zero-order valence-corrected chi connectivity index (χ0v) is 16.8. The molecule has 3 fully saturated rings. The van der Waals surface area contributed by atoms with E-state index in [0.717, 1.165) is 53.5 Å². The maximum Gasteiger partial charge on any atom is 0.252 e. The van der Waals surface area contributed by atoms with Crippen LogP contribution in [0, 0.1) is 26.7 Å². The highest BCUT2D eigenvalue weighted by atomic mass is 16.3. The van der Waals surface area contributed by atoms with Crippen molar-refractivity contribution in [3.63, 3.8) is 0 Å². The van der Waals surface area contributed by atoms with Crippen molar-refractivity contribution in [3.05, 3.63) is 58.5 Å². The van der Waals surface area contributed by atoms with Gasteiger partial charge in [0, 0.05) is 17.6 Å². The minimum absolute atomic E-state index is 0.000116. The largest absolute Gasteiger partial charge is 0.464 e. The first-order chi connectivity index (χ1) is 12.9. The lowest BCUT2D eigenvalue weighted by Crippen LogP contribution is -2.62. The molecule has 4 nitrogen and oxygen atoms in total. The summed E-state index contributed by atoms with van der Waals surface area (Å²) in [5.74, 6) is 2.56. The minimum atomic E-state index is -0.135. The van der Waals surface area contributed by atoms with Crippen molar-refractivity contribution >= 4 is 5.91 Å². The average molecular weight is 367 g/mol. The molecule has 1 atom stereocenters. The van der Waals surface area contributed by atoms with Gasteiger partial charge in [-0.3, -0.25) is 9.69 Å². The Morgan fingerprint density at radius 1 is 1.15 bits per heavy atom. The van der Waals surface area contributed by atoms with Gasteiger partial charge in [0.2, 0.25) is 0 Å². The summed E-state index contributed by atoms with van der Waals surface area (Å²) in [5, 5.41) is 3.39. The van der Waals surface area contributed by atoms with Crippen molar-refractivity contribution in [3.8, 4) is 0 Å². The number of piperidine rings is 2. The van der Waals surface area contributed by atoms with Crippen LogP contribution in [-0.2, 0) is 0 Å². The van der Waals surface area contributed by atoms with Gasteiger partial charge in [-0.2, -0.15) is 0 Å². The Labute approximate surface area is 161 Å². The first kappa shape index (κ1) is 18.3.